The van der Waals surface area contributed by atoms with E-state index in [2.05, 4.69) is 47.6 Å². The summed E-state index contributed by atoms with van der Waals surface area (Å²) < 4.78 is 0. The van der Waals surface area contributed by atoms with E-state index in [0.717, 1.165) is 54.3 Å². The van der Waals surface area contributed by atoms with Gasteiger partial charge in [-0.05, 0) is 110 Å². The number of rotatable bonds is 5. The molecule has 0 amide bonds. The van der Waals surface area contributed by atoms with Crippen molar-refractivity contribution < 1.29 is 5.11 Å². The summed E-state index contributed by atoms with van der Waals surface area (Å²) in [6.07, 6.45) is 15.6. The molecule has 0 heterocycles. The quantitative estimate of drug-likeness (QED) is 0.470. The molecule has 0 unspecified atom stereocenters. The lowest BCUT2D eigenvalue weighted by molar-refractivity contribution is -0.0584. The van der Waals surface area contributed by atoms with E-state index in [9.17, 15) is 5.11 Å². The average Bonchev–Trinajstić information content (AvgIpc) is 3.03. The van der Waals surface area contributed by atoms with Crippen molar-refractivity contribution in [3.8, 4) is 0 Å². The van der Waals surface area contributed by atoms with Crippen LogP contribution in [0.4, 0.5) is 0 Å². The van der Waals surface area contributed by atoms with Crippen LogP contribution >= 0.6 is 0 Å². The number of allylic oxidation sites excluding steroid dienone is 1. The monoisotopic (exact) mass is 400 g/mol. The summed E-state index contributed by atoms with van der Waals surface area (Å²) in [6.45, 7) is 15.1. The molecule has 0 bridgehead atoms. The highest BCUT2D eigenvalue weighted by Crippen LogP contribution is 2.67. The van der Waals surface area contributed by atoms with Crippen LogP contribution in [0.25, 0.3) is 0 Å². The number of aliphatic hydroxyl groups excluding tert-OH is 1. The van der Waals surface area contributed by atoms with E-state index in [1.54, 1.807) is 5.57 Å². The van der Waals surface area contributed by atoms with Crippen LogP contribution in [-0.4, -0.2) is 11.2 Å². The predicted molar refractivity (Wildman–Crippen MR) is 124 cm³/mol. The van der Waals surface area contributed by atoms with E-state index in [0.29, 0.717) is 10.8 Å². The Morgan fingerprint density at radius 1 is 1.03 bits per heavy atom. The van der Waals surface area contributed by atoms with Crippen molar-refractivity contribution in [3.63, 3.8) is 0 Å². The highest BCUT2D eigenvalue weighted by atomic mass is 16.3. The predicted octanol–water partition coefficient (Wildman–Crippen LogP) is 7.63. The van der Waals surface area contributed by atoms with Gasteiger partial charge in [0.1, 0.15) is 0 Å². The second-order valence-electron chi connectivity index (χ2n) is 12.5. The molecule has 0 aromatic rings. The van der Waals surface area contributed by atoms with Crippen LogP contribution in [0.2, 0.25) is 0 Å². The first-order valence-corrected chi connectivity index (χ1v) is 13.1. The van der Waals surface area contributed by atoms with Crippen molar-refractivity contribution in [1.29, 1.82) is 0 Å². The van der Waals surface area contributed by atoms with Gasteiger partial charge in [0, 0.05) is 0 Å². The molecular formula is C28H48O. The minimum absolute atomic E-state index is 0.0797. The number of fused-ring (bicyclic) bond motifs is 5. The van der Waals surface area contributed by atoms with Gasteiger partial charge in [0.2, 0.25) is 0 Å². The zero-order valence-electron chi connectivity index (χ0n) is 20.2. The maximum atomic E-state index is 10.2. The van der Waals surface area contributed by atoms with Gasteiger partial charge in [-0.2, -0.15) is 0 Å². The normalized spacial score (nSPS) is 46.5. The Kier molecular flexibility index (Phi) is 6.04. The Hall–Kier alpha value is -0.300. The van der Waals surface area contributed by atoms with Crippen molar-refractivity contribution in [2.24, 2.45) is 52.3 Å². The molecule has 1 heteroatoms. The summed E-state index contributed by atoms with van der Waals surface area (Å²) >= 11 is 0. The Morgan fingerprint density at radius 2 is 1.79 bits per heavy atom. The Labute approximate surface area is 181 Å². The third-order valence-electron chi connectivity index (χ3n) is 11.0. The van der Waals surface area contributed by atoms with Gasteiger partial charge in [0.25, 0.3) is 0 Å². The largest absolute Gasteiger partial charge is 0.393 e. The molecule has 0 aromatic heterocycles. The minimum Gasteiger partial charge on any atom is -0.393 e. The molecule has 3 fully saturated rings. The van der Waals surface area contributed by atoms with Gasteiger partial charge in [-0.1, -0.05) is 59.6 Å². The average molecular weight is 401 g/mol. The molecule has 0 saturated heterocycles. The second-order valence-corrected chi connectivity index (χ2v) is 12.5. The minimum atomic E-state index is -0.0797. The molecule has 29 heavy (non-hydrogen) atoms. The van der Waals surface area contributed by atoms with Gasteiger partial charge >= 0.3 is 0 Å². The first-order chi connectivity index (χ1) is 13.7. The summed E-state index contributed by atoms with van der Waals surface area (Å²) in [4.78, 5) is 0. The lowest BCUT2D eigenvalue weighted by atomic mass is 9.47. The summed E-state index contributed by atoms with van der Waals surface area (Å²) in [5.74, 6) is 6.26. The molecular weight excluding hydrogens is 352 g/mol. The molecule has 1 nitrogen and oxygen atoms in total. The molecule has 3 saturated carbocycles. The van der Waals surface area contributed by atoms with Gasteiger partial charge in [0.15, 0.2) is 0 Å². The van der Waals surface area contributed by atoms with Crippen molar-refractivity contribution >= 4 is 0 Å². The fraction of sp³-hybridized carbons (Fsp3) is 0.929. The fourth-order valence-corrected chi connectivity index (χ4v) is 9.17. The smallest absolute Gasteiger partial charge is 0.0577 e. The molecule has 0 aromatic carbocycles. The molecule has 166 valence electrons. The van der Waals surface area contributed by atoms with E-state index in [1.807, 2.05) is 0 Å². The van der Waals surface area contributed by atoms with E-state index in [4.69, 9.17) is 0 Å². The van der Waals surface area contributed by atoms with Crippen molar-refractivity contribution in [3.05, 3.63) is 11.6 Å². The van der Waals surface area contributed by atoms with Crippen LogP contribution < -0.4 is 0 Å². The van der Waals surface area contributed by atoms with Crippen LogP contribution in [-0.2, 0) is 0 Å². The summed E-state index contributed by atoms with van der Waals surface area (Å²) in [5, 5.41) is 10.2. The molecule has 1 N–H and O–H groups in total. The Balaban J connectivity index is 1.53. The van der Waals surface area contributed by atoms with Gasteiger partial charge in [0.05, 0.1) is 6.10 Å². The Bertz CT molecular complexity index is 620. The third kappa shape index (κ3) is 3.56. The molecule has 0 aliphatic heterocycles. The number of hydrogen-bond donors (Lipinski definition) is 1. The van der Waals surface area contributed by atoms with Gasteiger partial charge < -0.3 is 5.11 Å². The summed E-state index contributed by atoms with van der Waals surface area (Å²) in [5.41, 5.74) is 2.58. The molecule has 0 radical (unpaired) electrons. The van der Waals surface area contributed by atoms with E-state index >= 15 is 0 Å². The highest BCUT2D eigenvalue weighted by Gasteiger charge is 2.59. The summed E-state index contributed by atoms with van der Waals surface area (Å²) in [6, 6.07) is 0. The first-order valence-electron chi connectivity index (χ1n) is 13.1. The zero-order valence-corrected chi connectivity index (χ0v) is 20.2. The van der Waals surface area contributed by atoms with E-state index in [-0.39, 0.29) is 6.10 Å². The van der Waals surface area contributed by atoms with Crippen LogP contribution in [0, 0.1) is 52.3 Å². The highest BCUT2D eigenvalue weighted by molar-refractivity contribution is 5.25. The van der Waals surface area contributed by atoms with Crippen LogP contribution in [0.1, 0.15) is 106 Å². The van der Waals surface area contributed by atoms with E-state index < -0.39 is 0 Å². The molecule has 4 rings (SSSR count). The third-order valence-corrected chi connectivity index (χ3v) is 11.0. The lowest BCUT2D eigenvalue weighted by Gasteiger charge is -2.58. The molecule has 9 atom stereocenters. The lowest BCUT2D eigenvalue weighted by Crippen LogP contribution is -2.50. The van der Waals surface area contributed by atoms with E-state index in [1.165, 1.54) is 51.4 Å². The topological polar surface area (TPSA) is 20.2 Å². The van der Waals surface area contributed by atoms with Gasteiger partial charge in [-0.25, -0.2) is 0 Å². The van der Waals surface area contributed by atoms with Gasteiger partial charge in [-0.15, -0.1) is 0 Å². The molecule has 4 aliphatic rings. The molecule has 4 aliphatic carbocycles. The zero-order chi connectivity index (χ0) is 21.0. The molecule has 0 spiro atoms. The van der Waals surface area contributed by atoms with Crippen LogP contribution in [0.3, 0.4) is 0 Å². The second kappa shape index (κ2) is 7.99. The van der Waals surface area contributed by atoms with Gasteiger partial charge in [-0.3, -0.25) is 0 Å². The van der Waals surface area contributed by atoms with Crippen LogP contribution in [0.15, 0.2) is 11.6 Å². The fourth-order valence-electron chi connectivity index (χ4n) is 9.17. The summed E-state index contributed by atoms with van der Waals surface area (Å²) in [7, 11) is 0. The van der Waals surface area contributed by atoms with Crippen LogP contribution in [0.5, 0.6) is 0 Å². The maximum absolute atomic E-state index is 10.2. The van der Waals surface area contributed by atoms with Crippen molar-refractivity contribution in [1.82, 2.24) is 0 Å². The van der Waals surface area contributed by atoms with Crippen molar-refractivity contribution in [2.45, 2.75) is 112 Å². The SMILES string of the molecule is CC[C@H](C[C@@H](C)[C@H]1CC[C@H]2[C@@H]3CC=C4C[C@@H](O)CC[C@]4(C)[C@H]3CC[C@]12C)C(C)C. The number of aliphatic hydroxyl groups is 1. The van der Waals surface area contributed by atoms with Crippen molar-refractivity contribution in [2.75, 3.05) is 0 Å². The maximum Gasteiger partial charge on any atom is 0.0577 e. The Morgan fingerprint density at radius 3 is 2.48 bits per heavy atom. The first kappa shape index (κ1) is 21.9. The number of hydrogen-bond acceptors (Lipinski definition) is 1. The standard InChI is InChI=1S/C28H48O/c1-7-20(18(2)3)16-19(4)24-10-11-25-23-9-8-21-17-22(29)12-14-27(21,5)26(23)13-15-28(24,25)6/h8,18-20,22-26,29H,7,9-17H2,1-6H3/t19-,20-,22+,23+,24-,25+,26+,27+,28-/m1/s1.